The summed E-state index contributed by atoms with van der Waals surface area (Å²) in [7, 11) is 0. The SMILES string of the molecule is C[C@@H]1CCCN(C(=O)Nc2ccc(F)cc2Br)[C@H]1CO. The summed E-state index contributed by atoms with van der Waals surface area (Å²) >= 11 is 3.22. The second kappa shape index (κ2) is 6.54. The van der Waals surface area contributed by atoms with Gasteiger partial charge in [-0.25, -0.2) is 9.18 Å². The summed E-state index contributed by atoms with van der Waals surface area (Å²) in [5, 5.41) is 12.2. The quantitative estimate of drug-likeness (QED) is 0.865. The molecule has 1 aliphatic heterocycles. The van der Waals surface area contributed by atoms with Gasteiger partial charge in [-0.1, -0.05) is 6.92 Å². The first-order valence-electron chi connectivity index (χ1n) is 6.66. The summed E-state index contributed by atoms with van der Waals surface area (Å²) < 4.78 is 13.5. The lowest BCUT2D eigenvalue weighted by atomic mass is 9.91. The molecule has 1 aromatic rings. The first-order chi connectivity index (χ1) is 9.52. The molecule has 110 valence electrons. The summed E-state index contributed by atoms with van der Waals surface area (Å²) in [4.78, 5) is 14.0. The number of anilines is 1. The average Bonchev–Trinajstić information content (AvgIpc) is 2.41. The fourth-order valence-corrected chi connectivity index (χ4v) is 3.01. The summed E-state index contributed by atoms with van der Waals surface area (Å²) in [6, 6.07) is 3.69. The van der Waals surface area contributed by atoms with Gasteiger partial charge in [0.2, 0.25) is 0 Å². The number of aliphatic hydroxyl groups excluding tert-OH is 1. The molecule has 1 saturated heterocycles. The first-order valence-corrected chi connectivity index (χ1v) is 7.45. The van der Waals surface area contributed by atoms with Crippen LogP contribution < -0.4 is 5.32 Å². The van der Waals surface area contributed by atoms with Crippen molar-refractivity contribution in [2.75, 3.05) is 18.5 Å². The number of aliphatic hydroxyl groups is 1. The van der Waals surface area contributed by atoms with E-state index in [2.05, 4.69) is 21.2 Å². The lowest BCUT2D eigenvalue weighted by Gasteiger charge is -2.38. The molecule has 1 heterocycles. The third-order valence-corrected chi connectivity index (χ3v) is 4.39. The average molecular weight is 345 g/mol. The maximum atomic E-state index is 13.0. The molecule has 1 aromatic carbocycles. The molecule has 2 N–H and O–H groups in total. The number of urea groups is 1. The van der Waals surface area contributed by atoms with Crippen molar-refractivity contribution in [3.05, 3.63) is 28.5 Å². The van der Waals surface area contributed by atoms with Crippen molar-refractivity contribution in [3.63, 3.8) is 0 Å². The van der Waals surface area contributed by atoms with Crippen molar-refractivity contribution in [2.24, 2.45) is 5.92 Å². The van der Waals surface area contributed by atoms with Crippen LogP contribution in [0, 0.1) is 11.7 Å². The van der Waals surface area contributed by atoms with Crippen molar-refractivity contribution < 1.29 is 14.3 Å². The van der Waals surface area contributed by atoms with Crippen molar-refractivity contribution >= 4 is 27.6 Å². The van der Waals surface area contributed by atoms with Gasteiger partial charge in [0.05, 0.1) is 18.3 Å². The van der Waals surface area contributed by atoms with Crippen molar-refractivity contribution in [3.8, 4) is 0 Å². The minimum atomic E-state index is -0.366. The van der Waals surface area contributed by atoms with Crippen LogP contribution in [0.15, 0.2) is 22.7 Å². The molecule has 20 heavy (non-hydrogen) atoms. The van der Waals surface area contributed by atoms with Crippen LogP contribution in [0.1, 0.15) is 19.8 Å². The zero-order valence-electron chi connectivity index (χ0n) is 11.3. The Morgan fingerprint density at radius 2 is 2.35 bits per heavy atom. The Balaban J connectivity index is 2.10. The molecule has 0 saturated carbocycles. The Bertz CT molecular complexity index is 498. The highest BCUT2D eigenvalue weighted by Gasteiger charge is 2.31. The zero-order chi connectivity index (χ0) is 14.7. The van der Waals surface area contributed by atoms with E-state index in [-0.39, 0.29) is 30.4 Å². The molecule has 6 heteroatoms. The predicted octanol–water partition coefficient (Wildman–Crippen LogP) is 3.21. The van der Waals surface area contributed by atoms with Gasteiger partial charge in [-0.2, -0.15) is 0 Å². The second-order valence-electron chi connectivity index (χ2n) is 5.12. The van der Waals surface area contributed by atoms with Gasteiger partial charge >= 0.3 is 6.03 Å². The van der Waals surface area contributed by atoms with Crippen LogP contribution in [-0.2, 0) is 0 Å². The van der Waals surface area contributed by atoms with Gasteiger partial charge in [-0.3, -0.25) is 0 Å². The van der Waals surface area contributed by atoms with Crippen LogP contribution in [0.5, 0.6) is 0 Å². The number of nitrogens with zero attached hydrogens (tertiary/aromatic N) is 1. The smallest absolute Gasteiger partial charge is 0.322 e. The second-order valence-corrected chi connectivity index (χ2v) is 5.97. The molecule has 1 fully saturated rings. The van der Waals surface area contributed by atoms with E-state index in [1.807, 2.05) is 6.92 Å². The number of amides is 2. The van der Waals surface area contributed by atoms with Crippen LogP contribution in [-0.4, -0.2) is 35.2 Å². The van der Waals surface area contributed by atoms with E-state index in [0.29, 0.717) is 16.7 Å². The molecule has 0 aliphatic carbocycles. The number of nitrogens with one attached hydrogen (secondary N) is 1. The van der Waals surface area contributed by atoms with Gasteiger partial charge in [0, 0.05) is 11.0 Å². The molecule has 1 aliphatic rings. The van der Waals surface area contributed by atoms with Gasteiger partial charge in [-0.05, 0) is 52.9 Å². The standard InChI is InChI=1S/C14H18BrFN2O2/c1-9-3-2-6-18(13(9)8-19)14(20)17-12-5-4-10(16)7-11(12)15/h4-5,7,9,13,19H,2-3,6,8H2,1H3,(H,17,20)/t9-,13+/m1/s1. The molecule has 2 rings (SSSR count). The topological polar surface area (TPSA) is 52.6 Å². The van der Waals surface area contributed by atoms with Crippen LogP contribution in [0.4, 0.5) is 14.9 Å². The van der Waals surface area contributed by atoms with Gasteiger partial charge in [0.25, 0.3) is 0 Å². The largest absolute Gasteiger partial charge is 0.394 e. The lowest BCUT2D eigenvalue weighted by Crippen LogP contribution is -2.51. The number of likely N-dealkylation sites (tertiary alicyclic amines) is 1. The zero-order valence-corrected chi connectivity index (χ0v) is 12.9. The van der Waals surface area contributed by atoms with E-state index in [0.717, 1.165) is 12.8 Å². The fraction of sp³-hybridized carbons (Fsp3) is 0.500. The monoisotopic (exact) mass is 344 g/mol. The van der Waals surface area contributed by atoms with Crippen LogP contribution in [0.25, 0.3) is 0 Å². The van der Waals surface area contributed by atoms with E-state index in [9.17, 15) is 14.3 Å². The molecule has 0 radical (unpaired) electrons. The molecule has 0 bridgehead atoms. The minimum Gasteiger partial charge on any atom is -0.394 e. The van der Waals surface area contributed by atoms with E-state index in [1.54, 1.807) is 4.90 Å². The highest BCUT2D eigenvalue weighted by molar-refractivity contribution is 9.10. The predicted molar refractivity (Wildman–Crippen MR) is 79.1 cm³/mol. The number of benzene rings is 1. The Morgan fingerprint density at radius 1 is 1.60 bits per heavy atom. The molecule has 0 spiro atoms. The molecule has 4 nitrogen and oxygen atoms in total. The Kier molecular flexibility index (Phi) is 4.99. The van der Waals surface area contributed by atoms with Crippen LogP contribution in [0.2, 0.25) is 0 Å². The van der Waals surface area contributed by atoms with Crippen LogP contribution >= 0.6 is 15.9 Å². The summed E-state index contributed by atoms with van der Waals surface area (Å²) in [6.07, 6.45) is 1.94. The molecular formula is C14H18BrFN2O2. The maximum absolute atomic E-state index is 13.0. The Hall–Kier alpha value is -1.14. The third-order valence-electron chi connectivity index (χ3n) is 3.74. The van der Waals surface area contributed by atoms with Gasteiger partial charge in [0.15, 0.2) is 0 Å². The minimum absolute atomic E-state index is 0.0425. The maximum Gasteiger partial charge on any atom is 0.322 e. The summed E-state index contributed by atoms with van der Waals surface area (Å²) in [5.41, 5.74) is 0.520. The summed E-state index contributed by atoms with van der Waals surface area (Å²) in [5.74, 6) is -0.0918. The molecule has 0 unspecified atom stereocenters. The molecule has 2 amide bonds. The van der Waals surface area contributed by atoms with E-state index < -0.39 is 0 Å². The third kappa shape index (κ3) is 3.30. The van der Waals surface area contributed by atoms with Gasteiger partial charge in [0.1, 0.15) is 5.82 Å². The Morgan fingerprint density at radius 3 is 3.00 bits per heavy atom. The number of rotatable bonds is 2. The van der Waals surface area contributed by atoms with Crippen LogP contribution in [0.3, 0.4) is 0 Å². The highest BCUT2D eigenvalue weighted by atomic mass is 79.9. The number of carbonyl (C=O) groups is 1. The van der Waals surface area contributed by atoms with Crippen molar-refractivity contribution in [1.29, 1.82) is 0 Å². The number of piperidine rings is 1. The van der Waals surface area contributed by atoms with E-state index in [1.165, 1.54) is 18.2 Å². The number of carbonyl (C=O) groups excluding carboxylic acids is 1. The summed E-state index contributed by atoms with van der Waals surface area (Å²) in [6.45, 7) is 2.62. The lowest BCUT2D eigenvalue weighted by molar-refractivity contribution is 0.0811. The first kappa shape index (κ1) is 15.3. The van der Waals surface area contributed by atoms with E-state index >= 15 is 0 Å². The number of halogens is 2. The van der Waals surface area contributed by atoms with Gasteiger partial charge < -0.3 is 15.3 Å². The number of hydrogen-bond donors (Lipinski definition) is 2. The van der Waals surface area contributed by atoms with Gasteiger partial charge in [-0.15, -0.1) is 0 Å². The van der Waals surface area contributed by atoms with Crippen molar-refractivity contribution in [1.82, 2.24) is 4.90 Å². The normalized spacial score (nSPS) is 22.7. The van der Waals surface area contributed by atoms with Crippen molar-refractivity contribution in [2.45, 2.75) is 25.8 Å². The molecule has 2 atom stereocenters. The van der Waals surface area contributed by atoms with E-state index in [4.69, 9.17) is 0 Å². The molecular weight excluding hydrogens is 327 g/mol. The number of hydrogen-bond acceptors (Lipinski definition) is 2. The highest BCUT2D eigenvalue weighted by Crippen LogP contribution is 2.26. The fourth-order valence-electron chi connectivity index (χ4n) is 2.56. The Labute approximate surface area is 126 Å². The molecule has 0 aromatic heterocycles.